The number of aromatic nitrogens is 1. The van der Waals surface area contributed by atoms with E-state index in [1.807, 2.05) is 66.7 Å². The summed E-state index contributed by atoms with van der Waals surface area (Å²) in [5, 5.41) is 0. The molecule has 2 aliphatic heterocycles. The quantitative estimate of drug-likeness (QED) is 0.286. The number of alkyl halides is 2. The van der Waals surface area contributed by atoms with Gasteiger partial charge in [0.2, 0.25) is 5.88 Å². The molecule has 3 aromatic rings. The van der Waals surface area contributed by atoms with Crippen LogP contribution in [0.4, 0.5) is 20.3 Å². The number of piperidine rings is 1. The van der Waals surface area contributed by atoms with Gasteiger partial charge in [0.1, 0.15) is 18.2 Å². The van der Waals surface area contributed by atoms with E-state index in [2.05, 4.69) is 11.8 Å². The number of benzene rings is 2. The zero-order valence-electron chi connectivity index (χ0n) is 23.4. The molecule has 0 amide bonds. The van der Waals surface area contributed by atoms with Gasteiger partial charge in [-0.3, -0.25) is 0 Å². The van der Waals surface area contributed by atoms with Crippen molar-refractivity contribution in [2.75, 3.05) is 43.2 Å². The molecule has 0 saturated carbocycles. The van der Waals surface area contributed by atoms with Gasteiger partial charge in [-0.2, -0.15) is 4.98 Å². The average molecular weight is 552 g/mol. The summed E-state index contributed by atoms with van der Waals surface area (Å²) in [6.07, 6.45) is 2.70. The van der Waals surface area contributed by atoms with Crippen molar-refractivity contribution in [3.8, 4) is 11.6 Å². The molecule has 2 fully saturated rings. The Morgan fingerprint density at radius 3 is 2.58 bits per heavy atom. The van der Waals surface area contributed by atoms with Crippen LogP contribution in [0.1, 0.15) is 43.7 Å². The lowest BCUT2D eigenvalue weighted by Gasteiger charge is -2.42. The van der Waals surface area contributed by atoms with Gasteiger partial charge in [-0.15, -0.1) is 0 Å². The highest BCUT2D eigenvalue weighted by Gasteiger charge is 2.46. The van der Waals surface area contributed by atoms with Crippen LogP contribution >= 0.6 is 0 Å². The van der Waals surface area contributed by atoms with Gasteiger partial charge >= 0.3 is 0 Å². The Labute approximate surface area is 235 Å². The Bertz CT molecular complexity index is 1220. The molecule has 8 heteroatoms. The first kappa shape index (κ1) is 28.1. The van der Waals surface area contributed by atoms with Crippen molar-refractivity contribution in [3.05, 3.63) is 77.9 Å². The molecule has 2 aromatic carbocycles. The SMILES string of the molecule is CCCC1CN(c2cc(OCc3ccc(OC)cc3)nc(N3CCCC(F)(F)C3Cc3ccccc3)c2)CCO1. The molecule has 0 radical (unpaired) electrons. The highest BCUT2D eigenvalue weighted by molar-refractivity contribution is 5.59. The van der Waals surface area contributed by atoms with Crippen molar-refractivity contribution in [1.82, 2.24) is 4.98 Å². The molecule has 5 rings (SSSR count). The van der Waals surface area contributed by atoms with Gasteiger partial charge in [0.05, 0.1) is 25.9 Å². The van der Waals surface area contributed by atoms with Crippen LogP contribution in [0.5, 0.6) is 11.6 Å². The minimum atomic E-state index is -2.83. The van der Waals surface area contributed by atoms with Gasteiger partial charge in [-0.1, -0.05) is 55.8 Å². The lowest BCUT2D eigenvalue weighted by atomic mass is 9.92. The van der Waals surface area contributed by atoms with Gasteiger partial charge in [-0.05, 0) is 42.5 Å². The first-order valence-corrected chi connectivity index (χ1v) is 14.3. The van der Waals surface area contributed by atoms with Crippen LogP contribution in [0, 0.1) is 0 Å². The second-order valence-corrected chi connectivity index (χ2v) is 10.6. The number of ether oxygens (including phenoxy) is 3. The fourth-order valence-electron chi connectivity index (χ4n) is 5.62. The van der Waals surface area contributed by atoms with Crippen molar-refractivity contribution in [1.29, 1.82) is 0 Å². The smallest absolute Gasteiger partial charge is 0.268 e. The number of hydrogen-bond acceptors (Lipinski definition) is 6. The maximum atomic E-state index is 15.5. The minimum absolute atomic E-state index is 0.121. The number of morpholine rings is 1. The van der Waals surface area contributed by atoms with E-state index in [1.54, 1.807) is 12.0 Å². The highest BCUT2D eigenvalue weighted by atomic mass is 19.3. The fourth-order valence-corrected chi connectivity index (χ4v) is 5.62. The molecule has 40 heavy (non-hydrogen) atoms. The van der Waals surface area contributed by atoms with Crippen molar-refractivity contribution in [2.45, 2.75) is 63.7 Å². The third kappa shape index (κ3) is 6.84. The Balaban J connectivity index is 1.46. The van der Waals surface area contributed by atoms with E-state index >= 15 is 8.78 Å². The van der Waals surface area contributed by atoms with E-state index in [9.17, 15) is 0 Å². The highest BCUT2D eigenvalue weighted by Crippen LogP contribution is 2.39. The van der Waals surface area contributed by atoms with Crippen molar-refractivity contribution < 1.29 is 23.0 Å². The summed E-state index contributed by atoms with van der Waals surface area (Å²) < 4.78 is 48.4. The summed E-state index contributed by atoms with van der Waals surface area (Å²) in [7, 11) is 1.63. The molecule has 0 aliphatic carbocycles. The van der Waals surface area contributed by atoms with Gasteiger partial charge < -0.3 is 24.0 Å². The first-order chi connectivity index (χ1) is 19.4. The minimum Gasteiger partial charge on any atom is -0.497 e. The van der Waals surface area contributed by atoms with E-state index in [4.69, 9.17) is 19.2 Å². The zero-order chi connectivity index (χ0) is 28.0. The van der Waals surface area contributed by atoms with E-state index in [-0.39, 0.29) is 18.9 Å². The third-order valence-corrected chi connectivity index (χ3v) is 7.77. The molecule has 0 N–H and O–H groups in total. The predicted octanol–water partition coefficient (Wildman–Crippen LogP) is 6.52. The van der Waals surface area contributed by atoms with E-state index in [1.165, 1.54) is 0 Å². The monoisotopic (exact) mass is 551 g/mol. The van der Waals surface area contributed by atoms with Gasteiger partial charge in [0, 0.05) is 43.9 Å². The summed E-state index contributed by atoms with van der Waals surface area (Å²) >= 11 is 0. The van der Waals surface area contributed by atoms with Gasteiger partial charge in [0.25, 0.3) is 5.92 Å². The zero-order valence-corrected chi connectivity index (χ0v) is 23.4. The Kier molecular flexibility index (Phi) is 9.04. The molecule has 2 aliphatic rings. The molecule has 214 valence electrons. The summed E-state index contributed by atoms with van der Waals surface area (Å²) in [5.41, 5.74) is 2.78. The molecular formula is C32H39F2N3O3. The van der Waals surface area contributed by atoms with Crippen LogP contribution in [0.3, 0.4) is 0 Å². The number of methoxy groups -OCH3 is 1. The van der Waals surface area contributed by atoms with E-state index in [0.717, 1.165) is 48.5 Å². The molecule has 6 nitrogen and oxygen atoms in total. The van der Waals surface area contributed by atoms with Crippen LogP contribution in [-0.4, -0.2) is 56.4 Å². The summed E-state index contributed by atoms with van der Waals surface area (Å²) in [6.45, 7) is 5.09. The van der Waals surface area contributed by atoms with Crippen molar-refractivity contribution in [2.24, 2.45) is 0 Å². The normalized spacial score (nSPS) is 20.8. The van der Waals surface area contributed by atoms with E-state index in [0.29, 0.717) is 37.9 Å². The molecule has 0 spiro atoms. The Morgan fingerprint density at radius 1 is 1.02 bits per heavy atom. The number of anilines is 2. The number of halogens is 2. The van der Waals surface area contributed by atoms with Crippen molar-refractivity contribution in [3.63, 3.8) is 0 Å². The number of hydrogen-bond donors (Lipinski definition) is 0. The maximum absolute atomic E-state index is 15.5. The van der Waals surface area contributed by atoms with Gasteiger partial charge in [0.15, 0.2) is 0 Å². The van der Waals surface area contributed by atoms with Crippen LogP contribution in [0.25, 0.3) is 0 Å². The molecule has 1 aromatic heterocycles. The number of pyridine rings is 1. The molecule has 2 unspecified atom stereocenters. The lowest BCUT2D eigenvalue weighted by molar-refractivity contribution is -0.0485. The lowest BCUT2D eigenvalue weighted by Crippen LogP contribution is -2.54. The fraction of sp³-hybridized carbons (Fsp3) is 0.469. The predicted molar refractivity (Wildman–Crippen MR) is 154 cm³/mol. The second kappa shape index (κ2) is 12.9. The molecular weight excluding hydrogens is 512 g/mol. The van der Waals surface area contributed by atoms with Crippen LogP contribution < -0.4 is 19.3 Å². The van der Waals surface area contributed by atoms with Crippen LogP contribution in [-0.2, 0) is 17.8 Å². The standard InChI is InChI=1S/C32H39F2N3O3/c1-3-8-28-22-36(17-18-39-28)26-20-30(35-31(21-26)40-23-25-11-13-27(38-2)14-12-25)37-16-7-15-32(33,34)29(37)19-24-9-5-4-6-10-24/h4-6,9-14,20-21,28-29H,3,7-8,15-19,22-23H2,1-2H3. The maximum Gasteiger partial charge on any atom is 0.268 e. The Hall–Kier alpha value is -3.39. The van der Waals surface area contributed by atoms with E-state index < -0.39 is 12.0 Å². The number of rotatable bonds is 10. The second-order valence-electron chi connectivity index (χ2n) is 10.6. The molecule has 0 bridgehead atoms. The largest absolute Gasteiger partial charge is 0.497 e. The van der Waals surface area contributed by atoms with Crippen LogP contribution in [0.15, 0.2) is 66.7 Å². The number of nitrogens with zero attached hydrogens (tertiary/aromatic N) is 3. The average Bonchev–Trinajstić information content (AvgIpc) is 2.98. The van der Waals surface area contributed by atoms with Crippen molar-refractivity contribution >= 4 is 11.5 Å². The molecule has 2 atom stereocenters. The summed E-state index contributed by atoms with van der Waals surface area (Å²) in [4.78, 5) is 8.86. The molecule has 2 saturated heterocycles. The summed E-state index contributed by atoms with van der Waals surface area (Å²) in [6, 6.07) is 20.1. The molecule has 3 heterocycles. The summed E-state index contributed by atoms with van der Waals surface area (Å²) in [5.74, 6) is -1.10. The topological polar surface area (TPSA) is 47.1 Å². The third-order valence-electron chi connectivity index (χ3n) is 7.77. The Morgan fingerprint density at radius 2 is 1.82 bits per heavy atom. The van der Waals surface area contributed by atoms with Crippen LogP contribution in [0.2, 0.25) is 0 Å². The van der Waals surface area contributed by atoms with Gasteiger partial charge in [-0.25, -0.2) is 8.78 Å². The first-order valence-electron chi connectivity index (χ1n) is 14.3.